The van der Waals surface area contributed by atoms with E-state index in [-0.39, 0.29) is 31.0 Å². The van der Waals surface area contributed by atoms with E-state index in [1.165, 1.54) is 0 Å². The van der Waals surface area contributed by atoms with E-state index in [1.807, 2.05) is 12.1 Å². The smallest absolute Gasteiger partial charge is 1.00 e. The monoisotopic (exact) mass is 217 g/mol. The third-order valence-electron chi connectivity index (χ3n) is 1.78. The van der Waals surface area contributed by atoms with E-state index in [2.05, 4.69) is 4.98 Å². The van der Waals surface area contributed by atoms with Gasteiger partial charge in [-0.15, -0.1) is 0 Å². The van der Waals surface area contributed by atoms with Gasteiger partial charge in [-0.3, -0.25) is 4.98 Å². The van der Waals surface area contributed by atoms with Crippen molar-refractivity contribution in [3.63, 3.8) is 0 Å². The molecule has 1 atom stereocenters. The van der Waals surface area contributed by atoms with Crippen molar-refractivity contribution in [1.82, 2.24) is 4.98 Å². The minimum atomic E-state index is -1.97. The van der Waals surface area contributed by atoms with Crippen LogP contribution in [0.3, 0.4) is 0 Å². The fraction of sp³-hybridized carbons (Fsp3) is 0. The first-order chi connectivity index (χ1) is 6.29. The number of aromatic nitrogens is 1. The molecule has 2 rings (SSSR count). The van der Waals surface area contributed by atoms with Crippen molar-refractivity contribution in [3.05, 3.63) is 36.5 Å². The van der Waals surface area contributed by atoms with Gasteiger partial charge in [-0.25, -0.2) is 4.21 Å². The number of benzene rings is 1. The molecule has 0 radical (unpaired) electrons. The Kier molecular flexibility index (Phi) is 4.22. The average molecular weight is 217 g/mol. The third-order valence-corrected chi connectivity index (χ3v) is 2.49. The number of rotatable bonds is 1. The summed E-state index contributed by atoms with van der Waals surface area (Å²) < 4.78 is 19.8. The molecule has 0 spiro atoms. The molecule has 1 aromatic heterocycles. The van der Waals surface area contributed by atoms with Crippen LogP contribution >= 0.6 is 0 Å². The fourth-order valence-electron chi connectivity index (χ4n) is 1.22. The first kappa shape index (κ1) is 11.8. The zero-order chi connectivity index (χ0) is 9.26. The number of fused-ring (bicyclic) bond motifs is 1. The molecule has 1 heterocycles. The van der Waals surface area contributed by atoms with Crippen LogP contribution in [0.15, 0.2) is 41.4 Å². The van der Waals surface area contributed by atoms with Gasteiger partial charge in [0, 0.05) is 11.6 Å². The minimum absolute atomic E-state index is 0. The summed E-state index contributed by atoms with van der Waals surface area (Å²) in [5.41, 5.74) is 0.589. The van der Waals surface area contributed by atoms with Gasteiger partial charge < -0.3 is 5.98 Å². The Hall–Kier alpha value is -0.260. The van der Waals surface area contributed by atoms with Crippen molar-refractivity contribution >= 4 is 22.0 Å². The first-order valence-electron chi connectivity index (χ1n) is 3.73. The zero-order valence-electron chi connectivity index (χ0n) is 8.68. The molecule has 3 nitrogen and oxygen atoms in total. The predicted octanol–water partition coefficient (Wildman–Crippen LogP) is -1.07. The molecule has 0 bridgehead atoms. The summed E-state index contributed by atoms with van der Waals surface area (Å²) in [4.78, 5) is 4.41. The molecule has 0 saturated carbocycles. The van der Waals surface area contributed by atoms with Gasteiger partial charge in [0.25, 0.3) is 0 Å². The average Bonchev–Trinajstić information content (AvgIpc) is 2.17. The third kappa shape index (κ3) is 2.21. The van der Waals surface area contributed by atoms with Crippen molar-refractivity contribution in [2.24, 2.45) is 0 Å². The second-order valence-corrected chi connectivity index (χ2v) is 3.52. The topological polar surface area (TPSA) is 50.2 Å². The molecule has 0 amide bonds. The molecule has 2 aromatic rings. The van der Waals surface area contributed by atoms with Gasteiger partial charge in [0.2, 0.25) is 0 Å². The number of hydrogen-bond donors (Lipinski definition) is 1. The van der Waals surface area contributed by atoms with Gasteiger partial charge >= 0.3 is 29.6 Å². The van der Waals surface area contributed by atoms with E-state index in [0.717, 1.165) is 5.39 Å². The molecule has 0 aliphatic carbocycles. The van der Waals surface area contributed by atoms with Crippen molar-refractivity contribution in [2.45, 2.75) is 4.90 Å². The molecule has 0 saturated heterocycles. The minimum Gasteiger partial charge on any atom is -1.00 e. The second kappa shape index (κ2) is 5.00. The molecule has 5 heteroatoms. The summed E-state index contributed by atoms with van der Waals surface area (Å²) in [6, 6.07) is 8.86. The Morgan fingerprint density at radius 1 is 1.29 bits per heavy atom. The summed E-state index contributed by atoms with van der Waals surface area (Å²) in [7, 11) is 0. The summed E-state index contributed by atoms with van der Waals surface area (Å²) >= 11 is -1.97. The Labute approximate surface area is 108 Å². The second-order valence-electron chi connectivity index (χ2n) is 2.58. The number of hydrogen-bond acceptors (Lipinski definition) is 2. The van der Waals surface area contributed by atoms with Crippen molar-refractivity contribution in [1.29, 1.82) is 0 Å². The number of nitrogens with zero attached hydrogens (tertiary/aromatic N) is 1. The van der Waals surface area contributed by atoms with Crippen LogP contribution in [0.25, 0.3) is 10.9 Å². The predicted molar refractivity (Wildman–Crippen MR) is 51.9 cm³/mol. The van der Waals surface area contributed by atoms with Crippen molar-refractivity contribution in [2.75, 3.05) is 0 Å². The van der Waals surface area contributed by atoms with Gasteiger partial charge in [-0.2, -0.15) is 0 Å². The number of pyridine rings is 1. The Balaban J connectivity index is 0.000000980. The van der Waals surface area contributed by atoms with Crippen LogP contribution in [0.5, 0.6) is 0 Å². The van der Waals surface area contributed by atoms with E-state index in [4.69, 9.17) is 4.55 Å². The standard InChI is InChI=1S/C9H7NO2S.Na.H/c11-13(12)8-5-1-3-7-4-2-6-10-9(7)8;;/h1-6H,(H,11,12);;/q;+1;-1. The largest absolute Gasteiger partial charge is 1.00 e. The SMILES string of the molecule is O=S(O)c1cccc2cccnc12.[H-].[Na+]. The van der Waals surface area contributed by atoms with Crippen molar-refractivity contribution in [3.8, 4) is 0 Å². The summed E-state index contributed by atoms with van der Waals surface area (Å²) in [5.74, 6) is 0. The zero-order valence-corrected chi connectivity index (χ0v) is 10.5. The van der Waals surface area contributed by atoms with Crippen LogP contribution in [0, 0.1) is 0 Å². The molecule has 1 unspecified atom stereocenters. The van der Waals surface area contributed by atoms with E-state index in [9.17, 15) is 4.21 Å². The Morgan fingerprint density at radius 3 is 2.71 bits per heavy atom. The maximum atomic E-state index is 10.9. The van der Waals surface area contributed by atoms with Crippen LogP contribution in [0.2, 0.25) is 0 Å². The molecule has 14 heavy (non-hydrogen) atoms. The quantitative estimate of drug-likeness (QED) is 0.489. The van der Waals surface area contributed by atoms with E-state index >= 15 is 0 Å². The van der Waals surface area contributed by atoms with Gasteiger partial charge in [0.05, 0.1) is 10.4 Å². The number of para-hydroxylation sites is 1. The van der Waals surface area contributed by atoms with Crippen LogP contribution in [-0.2, 0) is 11.1 Å². The molecule has 0 aliphatic rings. The summed E-state index contributed by atoms with van der Waals surface area (Å²) in [6.07, 6.45) is 1.61. The fourth-order valence-corrected chi connectivity index (χ4v) is 1.75. The summed E-state index contributed by atoms with van der Waals surface area (Å²) in [6.45, 7) is 0. The summed E-state index contributed by atoms with van der Waals surface area (Å²) in [5, 5.41) is 0.877. The molecular weight excluding hydrogens is 209 g/mol. The van der Waals surface area contributed by atoms with Gasteiger partial charge in [-0.05, 0) is 12.1 Å². The van der Waals surface area contributed by atoms with Crippen LogP contribution < -0.4 is 29.6 Å². The van der Waals surface area contributed by atoms with Crippen LogP contribution in [0.4, 0.5) is 0 Å². The van der Waals surface area contributed by atoms with Crippen molar-refractivity contribution < 1.29 is 39.7 Å². The molecular formula is C9H8NNaO2S. The maximum Gasteiger partial charge on any atom is 1.00 e. The Morgan fingerprint density at radius 2 is 2.00 bits per heavy atom. The molecule has 1 aromatic carbocycles. The van der Waals surface area contributed by atoms with Gasteiger partial charge in [-0.1, -0.05) is 18.2 Å². The molecule has 0 aliphatic heterocycles. The van der Waals surface area contributed by atoms with Gasteiger partial charge in [0.15, 0.2) is 11.1 Å². The molecule has 68 valence electrons. The first-order valence-corrected chi connectivity index (χ1v) is 4.84. The molecule has 1 N–H and O–H groups in total. The van der Waals surface area contributed by atoms with E-state index in [0.29, 0.717) is 10.4 Å². The molecule has 0 fully saturated rings. The Bertz CT molecular complexity index is 475. The van der Waals surface area contributed by atoms with Crippen LogP contribution in [-0.4, -0.2) is 13.7 Å². The maximum absolute atomic E-state index is 10.9. The normalized spacial score (nSPS) is 12.1. The van der Waals surface area contributed by atoms with E-state index < -0.39 is 11.1 Å². The van der Waals surface area contributed by atoms with Gasteiger partial charge in [0.1, 0.15) is 0 Å². The van der Waals surface area contributed by atoms with E-state index in [1.54, 1.807) is 24.4 Å². The van der Waals surface area contributed by atoms with Crippen LogP contribution in [0.1, 0.15) is 1.43 Å².